The second-order valence-electron chi connectivity index (χ2n) is 4.67. The first kappa shape index (κ1) is 10.9. The van der Waals surface area contributed by atoms with Gasteiger partial charge in [0, 0.05) is 5.56 Å². The van der Waals surface area contributed by atoms with E-state index in [-0.39, 0.29) is 5.75 Å². The van der Waals surface area contributed by atoms with Crippen LogP contribution >= 0.6 is 0 Å². The number of isocyanates is 1. The van der Waals surface area contributed by atoms with E-state index < -0.39 is 5.54 Å². The molecule has 1 fully saturated rings. The molecular formula is C13H15NO2. The molecule has 0 radical (unpaired) electrons. The van der Waals surface area contributed by atoms with E-state index in [0.717, 1.165) is 24.0 Å². The Morgan fingerprint density at radius 1 is 1.44 bits per heavy atom. The molecule has 1 aromatic rings. The number of benzene rings is 1. The van der Waals surface area contributed by atoms with Gasteiger partial charge in [-0.05, 0) is 36.5 Å². The van der Waals surface area contributed by atoms with Crippen molar-refractivity contribution in [1.29, 1.82) is 0 Å². The molecule has 3 heteroatoms. The summed E-state index contributed by atoms with van der Waals surface area (Å²) in [7, 11) is 0. The maximum absolute atomic E-state index is 10.4. The summed E-state index contributed by atoms with van der Waals surface area (Å²) in [6, 6.07) is 5.54. The fraction of sp³-hybridized carbons (Fsp3) is 0.462. The molecule has 1 saturated carbocycles. The van der Waals surface area contributed by atoms with Crippen LogP contribution in [-0.2, 0) is 10.3 Å². The van der Waals surface area contributed by atoms with Crippen molar-refractivity contribution < 1.29 is 9.90 Å². The van der Waals surface area contributed by atoms with Crippen molar-refractivity contribution in [1.82, 2.24) is 0 Å². The summed E-state index contributed by atoms with van der Waals surface area (Å²) in [6.07, 6.45) is 3.24. The highest BCUT2D eigenvalue weighted by Crippen LogP contribution is 2.52. The van der Waals surface area contributed by atoms with Gasteiger partial charge in [0.15, 0.2) is 0 Å². The van der Waals surface area contributed by atoms with E-state index in [4.69, 9.17) is 0 Å². The number of rotatable bonds is 3. The van der Waals surface area contributed by atoms with Gasteiger partial charge in [0.05, 0.1) is 0 Å². The van der Waals surface area contributed by atoms with Gasteiger partial charge >= 0.3 is 0 Å². The Balaban J connectivity index is 2.47. The lowest BCUT2D eigenvalue weighted by molar-refractivity contribution is 0.459. The minimum Gasteiger partial charge on any atom is -0.508 e. The van der Waals surface area contributed by atoms with E-state index in [2.05, 4.69) is 18.8 Å². The molecule has 0 amide bonds. The number of carbonyl (C=O) groups excluding carboxylic acids is 1. The Bertz CT molecular complexity index is 455. The zero-order valence-electron chi connectivity index (χ0n) is 9.53. The summed E-state index contributed by atoms with van der Waals surface area (Å²) in [5, 5.41) is 9.83. The van der Waals surface area contributed by atoms with Crippen molar-refractivity contribution in [3.63, 3.8) is 0 Å². The second kappa shape index (κ2) is 3.76. The SMILES string of the molecule is CC(C)c1ccc(O)c(C2(N=C=O)CC2)c1. The van der Waals surface area contributed by atoms with E-state index in [1.165, 1.54) is 0 Å². The van der Waals surface area contributed by atoms with E-state index in [9.17, 15) is 9.90 Å². The van der Waals surface area contributed by atoms with Crippen molar-refractivity contribution in [3.05, 3.63) is 29.3 Å². The molecule has 3 nitrogen and oxygen atoms in total. The third-order valence-electron chi connectivity index (χ3n) is 3.17. The Kier molecular flexibility index (Phi) is 2.56. The molecule has 1 N–H and O–H groups in total. The number of hydrogen-bond acceptors (Lipinski definition) is 3. The van der Waals surface area contributed by atoms with Crippen LogP contribution in [0, 0.1) is 0 Å². The van der Waals surface area contributed by atoms with Crippen LogP contribution in [0.25, 0.3) is 0 Å². The second-order valence-corrected chi connectivity index (χ2v) is 4.67. The van der Waals surface area contributed by atoms with Crippen LogP contribution in [-0.4, -0.2) is 11.2 Å². The van der Waals surface area contributed by atoms with Crippen LogP contribution in [0.4, 0.5) is 0 Å². The van der Waals surface area contributed by atoms with Crippen molar-refractivity contribution in [2.75, 3.05) is 0 Å². The Morgan fingerprint density at radius 2 is 2.12 bits per heavy atom. The van der Waals surface area contributed by atoms with Gasteiger partial charge in [0.2, 0.25) is 6.08 Å². The fourth-order valence-electron chi connectivity index (χ4n) is 1.93. The summed E-state index contributed by atoms with van der Waals surface area (Å²) >= 11 is 0. The first-order chi connectivity index (χ1) is 7.59. The molecule has 0 unspecified atom stereocenters. The summed E-state index contributed by atoms with van der Waals surface area (Å²) < 4.78 is 0. The van der Waals surface area contributed by atoms with Gasteiger partial charge in [-0.15, -0.1) is 0 Å². The highest BCUT2D eigenvalue weighted by Gasteiger charge is 2.46. The van der Waals surface area contributed by atoms with E-state index in [1.54, 1.807) is 12.1 Å². The first-order valence-corrected chi connectivity index (χ1v) is 5.51. The molecule has 1 aliphatic rings. The van der Waals surface area contributed by atoms with Crippen LogP contribution < -0.4 is 0 Å². The normalized spacial score (nSPS) is 16.9. The number of aromatic hydroxyl groups is 1. The van der Waals surface area contributed by atoms with Gasteiger partial charge in [-0.3, -0.25) is 0 Å². The molecule has 1 aromatic carbocycles. The van der Waals surface area contributed by atoms with Crippen LogP contribution in [0.2, 0.25) is 0 Å². The number of phenolic OH excluding ortho intramolecular Hbond substituents is 1. The van der Waals surface area contributed by atoms with Crippen LogP contribution in [0.3, 0.4) is 0 Å². The molecule has 1 aliphatic carbocycles. The van der Waals surface area contributed by atoms with Gasteiger partial charge in [-0.25, -0.2) is 4.79 Å². The quantitative estimate of drug-likeness (QED) is 0.625. The zero-order valence-corrected chi connectivity index (χ0v) is 9.53. The molecule has 0 atom stereocenters. The van der Waals surface area contributed by atoms with E-state index in [0.29, 0.717) is 5.92 Å². The van der Waals surface area contributed by atoms with Crippen molar-refractivity contribution >= 4 is 6.08 Å². The topological polar surface area (TPSA) is 49.7 Å². The van der Waals surface area contributed by atoms with Crippen molar-refractivity contribution in [2.45, 2.75) is 38.1 Å². The van der Waals surface area contributed by atoms with Crippen LogP contribution in [0.5, 0.6) is 5.75 Å². The molecule has 0 heterocycles. The maximum Gasteiger partial charge on any atom is 0.235 e. The predicted molar refractivity (Wildman–Crippen MR) is 61.2 cm³/mol. The third kappa shape index (κ3) is 1.74. The minimum atomic E-state index is -0.489. The number of hydrogen-bond donors (Lipinski definition) is 1. The molecule has 2 rings (SSSR count). The average Bonchev–Trinajstić information content (AvgIpc) is 2.99. The first-order valence-electron chi connectivity index (χ1n) is 5.51. The van der Waals surface area contributed by atoms with Crippen molar-refractivity contribution in [2.24, 2.45) is 4.99 Å². The lowest BCUT2D eigenvalue weighted by atomic mass is 9.96. The molecule has 84 valence electrons. The smallest absolute Gasteiger partial charge is 0.235 e. The number of aliphatic imine (C=N–C) groups is 1. The maximum atomic E-state index is 10.4. The fourth-order valence-corrected chi connectivity index (χ4v) is 1.93. The molecule has 0 aliphatic heterocycles. The zero-order chi connectivity index (χ0) is 11.8. The standard InChI is InChI=1S/C13H15NO2/c1-9(2)10-3-4-12(16)11(7-10)13(5-6-13)14-8-15/h3-4,7,9,16H,5-6H2,1-2H3. The molecule has 0 saturated heterocycles. The number of nitrogens with zero attached hydrogens (tertiary/aromatic N) is 1. The summed E-state index contributed by atoms with van der Waals surface area (Å²) in [5.74, 6) is 0.622. The average molecular weight is 217 g/mol. The van der Waals surface area contributed by atoms with Crippen molar-refractivity contribution in [3.8, 4) is 5.75 Å². The van der Waals surface area contributed by atoms with Gasteiger partial charge in [0.1, 0.15) is 11.3 Å². The highest BCUT2D eigenvalue weighted by atomic mass is 16.3. The van der Waals surface area contributed by atoms with Gasteiger partial charge in [-0.2, -0.15) is 4.99 Å². The molecule has 0 aromatic heterocycles. The Hall–Kier alpha value is -1.60. The predicted octanol–water partition coefficient (Wildman–Crippen LogP) is 2.84. The molecule has 16 heavy (non-hydrogen) atoms. The number of phenols is 1. The molecule has 0 bridgehead atoms. The van der Waals surface area contributed by atoms with Crippen LogP contribution in [0.15, 0.2) is 23.2 Å². The summed E-state index contributed by atoms with van der Waals surface area (Å²) in [6.45, 7) is 4.19. The Morgan fingerprint density at radius 3 is 2.62 bits per heavy atom. The molecule has 0 spiro atoms. The third-order valence-corrected chi connectivity index (χ3v) is 3.17. The minimum absolute atomic E-state index is 0.223. The van der Waals surface area contributed by atoms with Gasteiger partial charge in [-0.1, -0.05) is 19.9 Å². The van der Waals surface area contributed by atoms with E-state index in [1.807, 2.05) is 12.1 Å². The Labute approximate surface area is 94.8 Å². The highest BCUT2D eigenvalue weighted by molar-refractivity contribution is 5.48. The largest absolute Gasteiger partial charge is 0.508 e. The van der Waals surface area contributed by atoms with E-state index >= 15 is 0 Å². The monoisotopic (exact) mass is 217 g/mol. The molecular weight excluding hydrogens is 202 g/mol. The van der Waals surface area contributed by atoms with Gasteiger partial charge in [0.25, 0.3) is 0 Å². The van der Waals surface area contributed by atoms with Gasteiger partial charge < -0.3 is 5.11 Å². The summed E-state index contributed by atoms with van der Waals surface area (Å²) in [5.41, 5.74) is 1.43. The lowest BCUT2D eigenvalue weighted by Gasteiger charge is -2.14. The summed E-state index contributed by atoms with van der Waals surface area (Å²) in [4.78, 5) is 14.2. The lowest BCUT2D eigenvalue weighted by Crippen LogP contribution is -2.04. The van der Waals surface area contributed by atoms with Crippen LogP contribution in [0.1, 0.15) is 43.7 Å².